The number of aromatic nitrogens is 3. The molecule has 0 unspecified atom stereocenters. The summed E-state index contributed by atoms with van der Waals surface area (Å²) in [5.74, 6) is -0.0925. The highest BCUT2D eigenvalue weighted by Crippen LogP contribution is 2.25. The van der Waals surface area contributed by atoms with Crippen molar-refractivity contribution in [1.29, 1.82) is 0 Å². The van der Waals surface area contributed by atoms with Gasteiger partial charge in [-0.05, 0) is 54.7 Å². The van der Waals surface area contributed by atoms with E-state index in [-0.39, 0.29) is 5.91 Å². The Bertz CT molecular complexity index is 1140. The second-order valence-corrected chi connectivity index (χ2v) is 7.29. The molecule has 2 N–H and O–H groups in total. The molecule has 0 bridgehead atoms. The third kappa shape index (κ3) is 3.43. The van der Waals surface area contributed by atoms with Gasteiger partial charge in [-0.15, -0.1) is 0 Å². The molecule has 0 aliphatic rings. The number of aryl methyl sites for hydroxylation is 3. The molecule has 0 spiro atoms. The van der Waals surface area contributed by atoms with Crippen molar-refractivity contribution in [1.82, 2.24) is 19.9 Å². The molecule has 0 saturated carbocycles. The zero-order chi connectivity index (χ0) is 19.7. The number of carbonyl (C=O) groups is 1. The number of nitrogens with one attached hydrogen (secondary N) is 2. The highest BCUT2D eigenvalue weighted by Gasteiger charge is 2.14. The van der Waals surface area contributed by atoms with Crippen LogP contribution in [0.5, 0.6) is 0 Å². The van der Waals surface area contributed by atoms with E-state index in [1.165, 1.54) is 22.3 Å². The molecule has 4 rings (SSSR count). The van der Waals surface area contributed by atoms with Crippen LogP contribution >= 0.6 is 0 Å². The molecule has 4 aromatic rings. The molecule has 0 radical (unpaired) electrons. The Morgan fingerprint density at radius 2 is 1.89 bits per heavy atom. The third-order valence-corrected chi connectivity index (χ3v) is 5.36. The number of aromatic amines is 1. The quantitative estimate of drug-likeness (QED) is 0.550. The van der Waals surface area contributed by atoms with E-state index in [1.54, 1.807) is 12.5 Å². The van der Waals surface area contributed by atoms with E-state index in [1.807, 2.05) is 29.0 Å². The summed E-state index contributed by atoms with van der Waals surface area (Å²) in [6, 6.07) is 12.3. The van der Waals surface area contributed by atoms with Crippen LogP contribution < -0.4 is 5.32 Å². The van der Waals surface area contributed by atoms with E-state index in [0.29, 0.717) is 12.2 Å². The van der Waals surface area contributed by atoms with E-state index in [2.05, 4.69) is 54.3 Å². The van der Waals surface area contributed by atoms with Gasteiger partial charge in [0.1, 0.15) is 5.69 Å². The molecular formula is C23H24N4O. The summed E-state index contributed by atoms with van der Waals surface area (Å²) in [5, 5.41) is 4.16. The number of nitrogens with zero attached hydrogens (tertiary/aromatic N) is 2. The average molecular weight is 372 g/mol. The van der Waals surface area contributed by atoms with Crippen LogP contribution in [-0.4, -0.2) is 20.4 Å². The Hall–Kier alpha value is -3.34. The third-order valence-electron chi connectivity index (χ3n) is 5.36. The Labute approximate surface area is 164 Å². The first-order valence-corrected chi connectivity index (χ1v) is 9.43. The van der Waals surface area contributed by atoms with Crippen molar-refractivity contribution in [3.8, 4) is 0 Å². The molecule has 2 aromatic carbocycles. The Balaban J connectivity index is 1.53. The number of H-pyrrole nitrogens is 1. The van der Waals surface area contributed by atoms with Gasteiger partial charge in [0.2, 0.25) is 0 Å². The minimum Gasteiger partial charge on any atom is -0.350 e. The van der Waals surface area contributed by atoms with E-state index in [0.717, 1.165) is 23.0 Å². The lowest BCUT2D eigenvalue weighted by Crippen LogP contribution is -2.23. The number of carbonyl (C=O) groups excluding carboxylic acids is 1. The SMILES string of the molecule is Cc1cc(C)c2cc(C(=O)NCc3ccccc3Cn3ccnc3)[nH]c2c1C. The fraction of sp³-hybridized carbons (Fsp3) is 0.217. The predicted molar refractivity (Wildman–Crippen MR) is 111 cm³/mol. The van der Waals surface area contributed by atoms with Crippen molar-refractivity contribution >= 4 is 16.8 Å². The van der Waals surface area contributed by atoms with Gasteiger partial charge in [-0.25, -0.2) is 4.98 Å². The fourth-order valence-corrected chi connectivity index (χ4v) is 3.62. The highest BCUT2D eigenvalue weighted by molar-refractivity contribution is 5.99. The Kier molecular flexibility index (Phi) is 4.74. The summed E-state index contributed by atoms with van der Waals surface area (Å²) < 4.78 is 2.02. The molecule has 1 amide bonds. The molecule has 5 heteroatoms. The maximum Gasteiger partial charge on any atom is 0.267 e. The van der Waals surface area contributed by atoms with Crippen molar-refractivity contribution in [2.75, 3.05) is 0 Å². The summed E-state index contributed by atoms with van der Waals surface area (Å²) in [6.07, 6.45) is 5.50. The molecule has 0 fully saturated rings. The predicted octanol–water partition coefficient (Wildman–Crippen LogP) is 4.27. The van der Waals surface area contributed by atoms with Crippen LogP contribution in [0.1, 0.15) is 38.3 Å². The minimum atomic E-state index is -0.0925. The first kappa shape index (κ1) is 18.0. The summed E-state index contributed by atoms with van der Waals surface area (Å²) >= 11 is 0. The van der Waals surface area contributed by atoms with Crippen molar-refractivity contribution in [3.05, 3.63) is 88.6 Å². The number of amides is 1. The molecule has 0 aliphatic carbocycles. The highest BCUT2D eigenvalue weighted by atomic mass is 16.1. The van der Waals surface area contributed by atoms with Gasteiger partial charge in [0.05, 0.1) is 6.33 Å². The van der Waals surface area contributed by atoms with Gasteiger partial charge in [-0.1, -0.05) is 30.3 Å². The topological polar surface area (TPSA) is 62.7 Å². The van der Waals surface area contributed by atoms with E-state index >= 15 is 0 Å². The van der Waals surface area contributed by atoms with Crippen molar-refractivity contribution in [2.24, 2.45) is 0 Å². The second kappa shape index (κ2) is 7.35. The molecule has 28 heavy (non-hydrogen) atoms. The Morgan fingerprint density at radius 3 is 2.64 bits per heavy atom. The van der Waals surface area contributed by atoms with Crippen LogP contribution in [0.25, 0.3) is 10.9 Å². The molecule has 0 saturated heterocycles. The second-order valence-electron chi connectivity index (χ2n) is 7.29. The van der Waals surface area contributed by atoms with Crippen LogP contribution in [0.2, 0.25) is 0 Å². The standard InChI is InChI=1S/C23H24N4O/c1-15-10-16(2)20-11-21(26-22(20)17(15)3)23(28)25-12-18-6-4-5-7-19(18)13-27-9-8-24-14-27/h4-11,14,26H,12-13H2,1-3H3,(H,25,28). The van der Waals surface area contributed by atoms with Gasteiger partial charge >= 0.3 is 0 Å². The van der Waals surface area contributed by atoms with E-state index in [9.17, 15) is 4.79 Å². The largest absolute Gasteiger partial charge is 0.350 e. The van der Waals surface area contributed by atoms with Crippen LogP contribution in [0, 0.1) is 20.8 Å². The average Bonchev–Trinajstić information content (AvgIpc) is 3.35. The summed E-state index contributed by atoms with van der Waals surface area (Å²) in [6.45, 7) is 7.48. The van der Waals surface area contributed by atoms with Gasteiger partial charge in [0.15, 0.2) is 0 Å². The van der Waals surface area contributed by atoms with Crippen LogP contribution in [0.4, 0.5) is 0 Å². The number of rotatable bonds is 5. The molecular weight excluding hydrogens is 348 g/mol. The molecule has 0 atom stereocenters. The molecule has 2 heterocycles. The fourth-order valence-electron chi connectivity index (χ4n) is 3.62. The summed E-state index contributed by atoms with van der Waals surface area (Å²) in [5.41, 5.74) is 7.50. The zero-order valence-corrected chi connectivity index (χ0v) is 16.4. The zero-order valence-electron chi connectivity index (χ0n) is 16.4. The lowest BCUT2D eigenvalue weighted by molar-refractivity contribution is 0.0946. The summed E-state index contributed by atoms with van der Waals surface area (Å²) in [7, 11) is 0. The maximum atomic E-state index is 12.8. The van der Waals surface area contributed by atoms with E-state index in [4.69, 9.17) is 0 Å². The van der Waals surface area contributed by atoms with Crippen LogP contribution in [0.3, 0.4) is 0 Å². The van der Waals surface area contributed by atoms with Crippen LogP contribution in [0.15, 0.2) is 55.1 Å². The summed E-state index contributed by atoms with van der Waals surface area (Å²) in [4.78, 5) is 20.2. The van der Waals surface area contributed by atoms with Gasteiger partial charge in [-0.2, -0.15) is 0 Å². The van der Waals surface area contributed by atoms with Crippen LogP contribution in [-0.2, 0) is 13.1 Å². The van der Waals surface area contributed by atoms with Gasteiger partial charge in [0, 0.05) is 36.4 Å². The first-order chi connectivity index (χ1) is 13.5. The molecule has 5 nitrogen and oxygen atoms in total. The molecule has 2 aromatic heterocycles. The van der Waals surface area contributed by atoms with E-state index < -0.39 is 0 Å². The molecule has 0 aliphatic heterocycles. The Morgan fingerprint density at radius 1 is 1.11 bits per heavy atom. The number of hydrogen-bond donors (Lipinski definition) is 2. The normalized spacial score (nSPS) is 11.1. The number of imidazole rings is 1. The maximum absolute atomic E-state index is 12.8. The van der Waals surface area contributed by atoms with Crippen molar-refractivity contribution in [3.63, 3.8) is 0 Å². The van der Waals surface area contributed by atoms with Gasteiger partial charge in [-0.3, -0.25) is 4.79 Å². The number of benzene rings is 2. The number of fused-ring (bicyclic) bond motifs is 1. The monoisotopic (exact) mass is 372 g/mol. The number of hydrogen-bond acceptors (Lipinski definition) is 2. The van der Waals surface area contributed by atoms with Gasteiger partial charge in [0.25, 0.3) is 5.91 Å². The lowest BCUT2D eigenvalue weighted by Gasteiger charge is -2.11. The first-order valence-electron chi connectivity index (χ1n) is 9.43. The minimum absolute atomic E-state index is 0.0925. The molecule has 142 valence electrons. The van der Waals surface area contributed by atoms with Crippen molar-refractivity contribution in [2.45, 2.75) is 33.9 Å². The van der Waals surface area contributed by atoms with Gasteiger partial charge < -0.3 is 14.9 Å². The van der Waals surface area contributed by atoms with Crippen molar-refractivity contribution < 1.29 is 4.79 Å². The smallest absolute Gasteiger partial charge is 0.267 e. The lowest BCUT2D eigenvalue weighted by atomic mass is 10.0.